The summed E-state index contributed by atoms with van der Waals surface area (Å²) >= 11 is 8.36. The fourth-order valence-corrected chi connectivity index (χ4v) is 1.26. The maximum absolute atomic E-state index is 4.23. The molecule has 0 aliphatic carbocycles. The predicted molar refractivity (Wildman–Crippen MR) is 55.0 cm³/mol. The van der Waals surface area contributed by atoms with Crippen molar-refractivity contribution >= 4 is 37.3 Å². The molecule has 0 aromatic rings. The van der Waals surface area contributed by atoms with Crippen LogP contribution in [-0.2, 0) is 0 Å². The lowest BCUT2D eigenvalue weighted by molar-refractivity contribution is 1.08. The van der Waals surface area contributed by atoms with Gasteiger partial charge in [-0.2, -0.15) is 17.6 Å². The topological polar surface area (TPSA) is 24.7 Å². The Balaban J connectivity index is 3.03. The van der Waals surface area contributed by atoms with Crippen LogP contribution in [0.15, 0.2) is 26.8 Å². The number of thiol groups is 2. The minimum absolute atomic E-state index is 0.0517. The Labute approximate surface area is 76.6 Å². The third kappa shape index (κ3) is 2.26. The Bertz CT molecular complexity index is 270. The molecule has 11 heavy (non-hydrogen) atoms. The fraction of sp³-hybridized carbons (Fsp3) is 0.286. The Morgan fingerprint density at radius 1 is 1.64 bits per heavy atom. The van der Waals surface area contributed by atoms with Crippen LogP contribution in [0, 0.1) is 0 Å². The summed E-state index contributed by atoms with van der Waals surface area (Å²) in [5.41, 5.74) is 0.776. The van der Waals surface area contributed by atoms with Crippen molar-refractivity contribution in [2.24, 2.45) is 9.98 Å². The molecule has 58 valence electrons. The average molecular weight is 184 g/mol. The van der Waals surface area contributed by atoms with E-state index < -0.39 is 0 Å². The van der Waals surface area contributed by atoms with Crippen LogP contribution in [0.25, 0.3) is 0 Å². The van der Waals surface area contributed by atoms with Crippen molar-refractivity contribution in [3.05, 3.63) is 16.8 Å². The summed E-state index contributed by atoms with van der Waals surface area (Å²) in [5.74, 6) is 2.66. The Kier molecular flexibility index (Phi) is 3.00. The smallest absolute Gasteiger partial charge is 0.126 e. The fourth-order valence-electron chi connectivity index (χ4n) is 0.659. The van der Waals surface area contributed by atoms with E-state index in [4.69, 9.17) is 0 Å². The van der Waals surface area contributed by atoms with Gasteiger partial charge in [-0.15, -0.1) is 12.6 Å². The summed E-state index contributed by atoms with van der Waals surface area (Å²) in [4.78, 5) is 7.98. The van der Waals surface area contributed by atoms with Gasteiger partial charge in [-0.1, -0.05) is 0 Å². The van der Waals surface area contributed by atoms with Gasteiger partial charge in [0.05, 0.1) is 5.70 Å². The number of hydrogen-bond acceptors (Lipinski definition) is 4. The molecule has 0 aromatic heterocycles. The molecule has 0 saturated heterocycles. The molecule has 1 aliphatic rings. The van der Waals surface area contributed by atoms with Gasteiger partial charge < -0.3 is 0 Å². The first-order chi connectivity index (χ1) is 5.22. The molecule has 0 radical (unpaired) electrons. The summed E-state index contributed by atoms with van der Waals surface area (Å²) in [6.45, 7) is 1.92. The molecule has 0 bridgehead atoms. The van der Waals surface area contributed by atoms with Crippen molar-refractivity contribution in [2.75, 3.05) is 0 Å². The van der Waals surface area contributed by atoms with E-state index in [0.717, 1.165) is 5.70 Å². The lowest BCUT2D eigenvalue weighted by Crippen LogP contribution is -1.95. The Morgan fingerprint density at radius 2 is 2.36 bits per heavy atom. The number of aliphatic imine (C=N–C) groups is 2. The van der Waals surface area contributed by atoms with Crippen LogP contribution < -0.4 is 0 Å². The molecule has 0 N–H and O–H groups in total. The van der Waals surface area contributed by atoms with Crippen LogP contribution >= 0.6 is 25.3 Å². The van der Waals surface area contributed by atoms with Crippen LogP contribution in [0.3, 0.4) is 0 Å². The van der Waals surface area contributed by atoms with Gasteiger partial charge in [0.2, 0.25) is 0 Å². The van der Waals surface area contributed by atoms with Gasteiger partial charge in [0, 0.05) is 17.5 Å². The van der Waals surface area contributed by atoms with Crippen LogP contribution in [0.2, 0.25) is 0 Å². The predicted octanol–water partition coefficient (Wildman–Crippen LogP) is 1.71. The van der Waals surface area contributed by atoms with Gasteiger partial charge >= 0.3 is 0 Å². The number of hydrogen-bond donors (Lipinski definition) is 2. The number of nitrogens with zero attached hydrogens (tertiary/aromatic N) is 2. The van der Waals surface area contributed by atoms with Crippen molar-refractivity contribution in [1.29, 1.82) is 0 Å². The van der Waals surface area contributed by atoms with Crippen molar-refractivity contribution in [1.82, 2.24) is 0 Å². The average Bonchev–Trinajstić information content (AvgIpc) is 2.13. The van der Waals surface area contributed by atoms with E-state index in [-0.39, 0.29) is 5.25 Å². The maximum atomic E-state index is 4.23. The highest BCUT2D eigenvalue weighted by Crippen LogP contribution is 2.19. The van der Waals surface area contributed by atoms with E-state index in [9.17, 15) is 0 Å². The second kappa shape index (κ2) is 3.81. The van der Waals surface area contributed by atoms with Crippen LogP contribution in [0.1, 0.15) is 6.92 Å². The quantitative estimate of drug-likeness (QED) is 0.580. The Morgan fingerprint density at radius 3 is 3.00 bits per heavy atom. The molecule has 2 nitrogen and oxygen atoms in total. The summed E-state index contributed by atoms with van der Waals surface area (Å²) in [6.07, 6.45) is 3.27. The minimum atomic E-state index is 0.0517. The van der Waals surface area contributed by atoms with Gasteiger partial charge in [-0.3, -0.25) is 4.99 Å². The summed E-state index contributed by atoms with van der Waals surface area (Å²) < 4.78 is 0. The highest BCUT2D eigenvalue weighted by atomic mass is 32.1. The van der Waals surface area contributed by atoms with Crippen molar-refractivity contribution in [3.63, 3.8) is 0 Å². The highest BCUT2D eigenvalue weighted by Gasteiger charge is 2.06. The van der Waals surface area contributed by atoms with Gasteiger partial charge in [-0.25, -0.2) is 0 Å². The molecule has 4 heteroatoms. The van der Waals surface area contributed by atoms with E-state index >= 15 is 0 Å². The van der Waals surface area contributed by atoms with Crippen LogP contribution in [0.4, 0.5) is 0 Å². The lowest BCUT2D eigenvalue weighted by atomic mass is 10.3. The normalized spacial score (nSPS) is 18.8. The molecule has 1 aliphatic heterocycles. The molecule has 0 spiro atoms. The first-order valence-corrected chi connectivity index (χ1v) is 4.11. The van der Waals surface area contributed by atoms with Gasteiger partial charge in [0.25, 0.3) is 0 Å². The SMILES string of the molecule is CC(S)C1=C(S)N=C=CC=N1. The van der Waals surface area contributed by atoms with E-state index in [1.165, 1.54) is 0 Å². The third-order valence-electron chi connectivity index (χ3n) is 1.16. The molecule has 1 rings (SSSR count). The second-order valence-electron chi connectivity index (χ2n) is 2.07. The standard InChI is InChI=1S/C7H8N2S2/c1-5(10)6-7(11)9-4-2-3-8-6/h2-3,5,10-11H,1H3. The number of rotatable bonds is 1. The van der Waals surface area contributed by atoms with Crippen molar-refractivity contribution in [3.8, 4) is 0 Å². The van der Waals surface area contributed by atoms with E-state index in [1.54, 1.807) is 12.3 Å². The number of allylic oxidation sites excluding steroid dienone is 1. The molecule has 0 saturated carbocycles. The van der Waals surface area contributed by atoms with E-state index in [2.05, 4.69) is 41.1 Å². The molecule has 0 fully saturated rings. The summed E-state index contributed by atoms with van der Waals surface area (Å²) in [5, 5.41) is 0.633. The lowest BCUT2D eigenvalue weighted by Gasteiger charge is -2.03. The van der Waals surface area contributed by atoms with Gasteiger partial charge in [0.15, 0.2) is 0 Å². The zero-order valence-corrected chi connectivity index (χ0v) is 7.81. The van der Waals surface area contributed by atoms with Crippen LogP contribution in [0.5, 0.6) is 0 Å². The highest BCUT2D eigenvalue weighted by molar-refractivity contribution is 7.84. The maximum Gasteiger partial charge on any atom is 0.126 e. The van der Waals surface area contributed by atoms with E-state index in [0.29, 0.717) is 5.03 Å². The first-order valence-electron chi connectivity index (χ1n) is 3.15. The molecule has 1 unspecified atom stereocenters. The minimum Gasteiger partial charge on any atom is -0.257 e. The summed E-state index contributed by atoms with van der Waals surface area (Å²) in [7, 11) is 0. The van der Waals surface area contributed by atoms with Crippen LogP contribution in [-0.4, -0.2) is 17.3 Å². The molecule has 0 amide bonds. The molecular weight excluding hydrogens is 176 g/mol. The molecule has 1 heterocycles. The zero-order chi connectivity index (χ0) is 8.27. The first kappa shape index (κ1) is 8.65. The second-order valence-corrected chi connectivity index (χ2v) is 3.27. The van der Waals surface area contributed by atoms with Gasteiger partial charge in [0.1, 0.15) is 5.03 Å². The Hall–Kier alpha value is -0.440. The molecular formula is C7H8N2S2. The van der Waals surface area contributed by atoms with Gasteiger partial charge in [-0.05, 0) is 12.8 Å². The van der Waals surface area contributed by atoms with Crippen molar-refractivity contribution < 1.29 is 0 Å². The monoisotopic (exact) mass is 184 g/mol. The molecule has 1 atom stereocenters. The third-order valence-corrected chi connectivity index (χ3v) is 1.73. The largest absolute Gasteiger partial charge is 0.257 e. The summed E-state index contributed by atoms with van der Waals surface area (Å²) in [6, 6.07) is 0. The van der Waals surface area contributed by atoms with E-state index in [1.807, 2.05) is 6.92 Å². The van der Waals surface area contributed by atoms with Crippen molar-refractivity contribution in [2.45, 2.75) is 12.2 Å². The molecule has 0 aromatic carbocycles. The zero-order valence-electron chi connectivity index (χ0n) is 6.02.